The first-order chi connectivity index (χ1) is 23.4. The molecule has 0 saturated carbocycles. The number of fused-ring (bicyclic) bond motifs is 6. The molecule has 48 heavy (non-hydrogen) atoms. The highest BCUT2D eigenvalue weighted by molar-refractivity contribution is 6.02. The molecule has 2 aliphatic carbocycles. The number of hydrogen-bond donors (Lipinski definition) is 0. The van der Waals surface area contributed by atoms with Gasteiger partial charge in [0, 0.05) is 10.8 Å². The SMILES string of the molecule is CC1(C)c2ccccc2-c2c(-c3ccccc3-c3ccccc3-c3ccccc3-c3cccc4c3-c3ccccc3C4(C)C)cccc21. The van der Waals surface area contributed by atoms with Gasteiger partial charge in [-0.15, -0.1) is 0 Å². The minimum absolute atomic E-state index is 0.0448. The normalized spacial score (nSPS) is 14.6. The van der Waals surface area contributed by atoms with Crippen molar-refractivity contribution in [3.05, 3.63) is 180 Å². The van der Waals surface area contributed by atoms with E-state index in [-0.39, 0.29) is 10.8 Å². The van der Waals surface area contributed by atoms with Crippen molar-refractivity contribution in [1.82, 2.24) is 0 Å². The molecule has 230 valence electrons. The Labute approximate surface area is 284 Å². The Morgan fingerprint density at radius 1 is 0.229 bits per heavy atom. The van der Waals surface area contributed by atoms with Gasteiger partial charge < -0.3 is 0 Å². The van der Waals surface area contributed by atoms with Crippen molar-refractivity contribution in [1.29, 1.82) is 0 Å². The van der Waals surface area contributed by atoms with Gasteiger partial charge in [-0.3, -0.25) is 0 Å². The van der Waals surface area contributed by atoms with Crippen LogP contribution in [0.15, 0.2) is 158 Å². The average molecular weight is 615 g/mol. The van der Waals surface area contributed by atoms with Gasteiger partial charge in [0.05, 0.1) is 0 Å². The number of rotatable bonds is 4. The van der Waals surface area contributed by atoms with E-state index in [9.17, 15) is 0 Å². The molecule has 7 aromatic carbocycles. The summed E-state index contributed by atoms with van der Waals surface area (Å²) in [6.07, 6.45) is 0. The fourth-order valence-electron chi connectivity index (χ4n) is 8.82. The van der Waals surface area contributed by atoms with Gasteiger partial charge in [0.25, 0.3) is 0 Å². The topological polar surface area (TPSA) is 0 Å². The molecule has 9 rings (SSSR count). The van der Waals surface area contributed by atoms with Gasteiger partial charge in [-0.05, 0) is 89.0 Å². The Balaban J connectivity index is 1.26. The van der Waals surface area contributed by atoms with Crippen molar-refractivity contribution in [2.45, 2.75) is 38.5 Å². The van der Waals surface area contributed by atoms with Crippen molar-refractivity contribution in [3.8, 4) is 66.8 Å². The van der Waals surface area contributed by atoms with Crippen LogP contribution in [0.4, 0.5) is 0 Å². The van der Waals surface area contributed by atoms with E-state index in [1.54, 1.807) is 0 Å². The molecule has 0 aromatic heterocycles. The molecule has 0 heterocycles. The fourth-order valence-corrected chi connectivity index (χ4v) is 8.82. The van der Waals surface area contributed by atoms with Crippen molar-refractivity contribution in [2.24, 2.45) is 0 Å². The maximum Gasteiger partial charge on any atom is 0.0159 e. The molecule has 0 radical (unpaired) electrons. The van der Waals surface area contributed by atoms with Gasteiger partial charge in [-0.25, -0.2) is 0 Å². The largest absolute Gasteiger partial charge is 0.0619 e. The van der Waals surface area contributed by atoms with Crippen LogP contribution in [0.5, 0.6) is 0 Å². The highest BCUT2D eigenvalue weighted by Gasteiger charge is 2.38. The Morgan fingerprint density at radius 2 is 0.458 bits per heavy atom. The second-order valence-electron chi connectivity index (χ2n) is 14.4. The van der Waals surface area contributed by atoms with E-state index in [2.05, 4.69) is 185 Å². The van der Waals surface area contributed by atoms with Gasteiger partial charge in [0.15, 0.2) is 0 Å². The van der Waals surface area contributed by atoms with Crippen LogP contribution in [0.2, 0.25) is 0 Å². The molecule has 0 fully saturated rings. The average Bonchev–Trinajstić information content (AvgIpc) is 3.52. The predicted molar refractivity (Wildman–Crippen MR) is 203 cm³/mol. The van der Waals surface area contributed by atoms with Gasteiger partial charge in [0.2, 0.25) is 0 Å². The first kappa shape index (κ1) is 28.7. The summed E-state index contributed by atoms with van der Waals surface area (Å²) in [5.74, 6) is 0. The van der Waals surface area contributed by atoms with Gasteiger partial charge >= 0.3 is 0 Å². The van der Waals surface area contributed by atoms with E-state index < -0.39 is 0 Å². The lowest BCUT2D eigenvalue weighted by atomic mass is 9.81. The van der Waals surface area contributed by atoms with E-state index >= 15 is 0 Å². The van der Waals surface area contributed by atoms with Crippen molar-refractivity contribution >= 4 is 0 Å². The fraction of sp³-hybridized carbons (Fsp3) is 0.125. The molecule has 0 bridgehead atoms. The van der Waals surface area contributed by atoms with Crippen LogP contribution in [-0.2, 0) is 10.8 Å². The van der Waals surface area contributed by atoms with Crippen LogP contribution in [-0.4, -0.2) is 0 Å². The maximum atomic E-state index is 2.36. The standard InChI is InChI=1S/C48H38/c1-47(2)41-27-13-11-23-39(41)45-37(25-15-29-43(45)47)35-21-9-7-19-33(35)31-17-5-6-18-32(31)34-20-8-10-22-36(34)38-26-16-30-44-46(38)40-24-12-14-28-42(40)48(44,3)4/h5-30H,1-4H3. The molecule has 0 N–H and O–H groups in total. The zero-order chi connectivity index (χ0) is 32.6. The Morgan fingerprint density at radius 3 is 0.792 bits per heavy atom. The minimum Gasteiger partial charge on any atom is -0.0619 e. The van der Waals surface area contributed by atoms with Gasteiger partial charge in [-0.2, -0.15) is 0 Å². The summed E-state index contributed by atoms with van der Waals surface area (Å²) in [4.78, 5) is 0. The summed E-state index contributed by atoms with van der Waals surface area (Å²) in [6.45, 7) is 9.44. The molecule has 7 aromatic rings. The van der Waals surface area contributed by atoms with Crippen molar-refractivity contribution < 1.29 is 0 Å². The Bertz CT molecular complexity index is 2230. The zero-order valence-electron chi connectivity index (χ0n) is 28.0. The van der Waals surface area contributed by atoms with E-state index in [0.29, 0.717) is 0 Å². The van der Waals surface area contributed by atoms with Crippen LogP contribution in [0.3, 0.4) is 0 Å². The maximum absolute atomic E-state index is 2.36. The summed E-state index contributed by atoms with van der Waals surface area (Å²) >= 11 is 0. The molecule has 0 amide bonds. The van der Waals surface area contributed by atoms with Crippen LogP contribution in [0.1, 0.15) is 49.9 Å². The van der Waals surface area contributed by atoms with Crippen LogP contribution < -0.4 is 0 Å². The number of hydrogen-bond acceptors (Lipinski definition) is 0. The minimum atomic E-state index is -0.0448. The Hall–Kier alpha value is -5.46. The first-order valence-corrected chi connectivity index (χ1v) is 17.1. The van der Waals surface area contributed by atoms with E-state index in [4.69, 9.17) is 0 Å². The highest BCUT2D eigenvalue weighted by atomic mass is 14.4. The monoisotopic (exact) mass is 614 g/mol. The molecule has 0 nitrogen and oxygen atoms in total. The third kappa shape index (κ3) is 4.02. The van der Waals surface area contributed by atoms with Crippen LogP contribution in [0.25, 0.3) is 66.8 Å². The van der Waals surface area contributed by atoms with Gasteiger partial charge in [0.1, 0.15) is 0 Å². The summed E-state index contributed by atoms with van der Waals surface area (Å²) in [6, 6.07) is 58.7. The van der Waals surface area contributed by atoms with E-state index in [0.717, 1.165) is 0 Å². The van der Waals surface area contributed by atoms with Crippen LogP contribution >= 0.6 is 0 Å². The molecule has 0 spiro atoms. The second-order valence-corrected chi connectivity index (χ2v) is 14.4. The van der Waals surface area contributed by atoms with E-state index in [1.807, 2.05) is 0 Å². The third-order valence-electron chi connectivity index (χ3n) is 11.2. The molecular weight excluding hydrogens is 577 g/mol. The first-order valence-electron chi connectivity index (χ1n) is 17.1. The molecule has 0 aliphatic heterocycles. The number of benzene rings is 7. The third-order valence-corrected chi connectivity index (χ3v) is 11.2. The lowest BCUT2D eigenvalue weighted by molar-refractivity contribution is 0.660. The summed E-state index contributed by atoms with van der Waals surface area (Å²) in [5, 5.41) is 0. The molecule has 0 heteroatoms. The summed E-state index contributed by atoms with van der Waals surface area (Å²) < 4.78 is 0. The molecular formula is C48H38. The quantitative estimate of drug-likeness (QED) is 0.185. The molecule has 0 atom stereocenters. The molecule has 0 saturated heterocycles. The smallest absolute Gasteiger partial charge is 0.0159 e. The van der Waals surface area contributed by atoms with Crippen molar-refractivity contribution in [2.75, 3.05) is 0 Å². The lowest BCUT2D eigenvalue weighted by Gasteiger charge is -2.22. The predicted octanol–water partition coefficient (Wildman–Crippen LogP) is 13.0. The lowest BCUT2D eigenvalue weighted by Crippen LogP contribution is -2.14. The van der Waals surface area contributed by atoms with Crippen molar-refractivity contribution in [3.63, 3.8) is 0 Å². The summed E-state index contributed by atoms with van der Waals surface area (Å²) in [7, 11) is 0. The summed E-state index contributed by atoms with van der Waals surface area (Å²) in [5.41, 5.74) is 21.1. The molecule has 2 aliphatic rings. The van der Waals surface area contributed by atoms with Gasteiger partial charge in [-0.1, -0.05) is 185 Å². The highest BCUT2D eigenvalue weighted by Crippen LogP contribution is 2.55. The second kappa shape index (κ2) is 10.5. The van der Waals surface area contributed by atoms with Crippen LogP contribution in [0, 0.1) is 0 Å². The van der Waals surface area contributed by atoms with E-state index in [1.165, 1.54) is 89.0 Å². The Kier molecular flexibility index (Phi) is 6.30. The zero-order valence-corrected chi connectivity index (χ0v) is 28.0. The molecule has 0 unspecified atom stereocenters.